The first-order valence-corrected chi connectivity index (χ1v) is 7.85. The summed E-state index contributed by atoms with van der Waals surface area (Å²) in [6.07, 6.45) is 2.70. The summed E-state index contributed by atoms with van der Waals surface area (Å²) in [5.74, 6) is 1.09. The molecule has 1 amide bonds. The number of aromatic nitrogens is 1. The lowest BCUT2D eigenvalue weighted by Gasteiger charge is -2.20. The number of halogens is 1. The van der Waals surface area contributed by atoms with E-state index in [9.17, 15) is 4.79 Å². The van der Waals surface area contributed by atoms with Gasteiger partial charge >= 0.3 is 0 Å². The van der Waals surface area contributed by atoms with E-state index < -0.39 is 0 Å². The van der Waals surface area contributed by atoms with E-state index in [2.05, 4.69) is 10.3 Å². The van der Waals surface area contributed by atoms with Crippen molar-refractivity contribution in [2.75, 3.05) is 19.8 Å². The van der Waals surface area contributed by atoms with Gasteiger partial charge in [-0.15, -0.1) is 0 Å². The normalized spacial score (nSPS) is 12.7. The molecule has 6 heteroatoms. The van der Waals surface area contributed by atoms with Gasteiger partial charge in [-0.05, 0) is 29.8 Å². The Kier molecular flexibility index (Phi) is 4.98. The number of rotatable bonds is 5. The van der Waals surface area contributed by atoms with Gasteiger partial charge in [0, 0.05) is 24.9 Å². The smallest absolute Gasteiger partial charge is 0.224 e. The van der Waals surface area contributed by atoms with Crippen LogP contribution in [0.3, 0.4) is 0 Å². The van der Waals surface area contributed by atoms with Crippen molar-refractivity contribution in [2.45, 2.75) is 12.8 Å². The molecule has 23 heavy (non-hydrogen) atoms. The van der Waals surface area contributed by atoms with Crippen molar-refractivity contribution in [1.82, 2.24) is 10.3 Å². The fraction of sp³-hybridized carbons (Fsp3) is 0.294. The van der Waals surface area contributed by atoms with Crippen LogP contribution >= 0.6 is 11.6 Å². The minimum atomic E-state index is -0.0614. The van der Waals surface area contributed by atoms with Crippen molar-refractivity contribution in [3.05, 3.63) is 52.8 Å². The lowest BCUT2D eigenvalue weighted by atomic mass is 10.1. The second-order valence-electron chi connectivity index (χ2n) is 5.20. The van der Waals surface area contributed by atoms with Gasteiger partial charge in [0.15, 0.2) is 11.5 Å². The Morgan fingerprint density at radius 2 is 2.13 bits per heavy atom. The second kappa shape index (κ2) is 7.33. The molecule has 3 rings (SSSR count). The molecule has 0 fully saturated rings. The molecule has 0 unspecified atom stereocenters. The summed E-state index contributed by atoms with van der Waals surface area (Å²) in [6.45, 7) is 1.53. The Balaban J connectivity index is 1.54. The number of ether oxygens (including phenoxy) is 2. The van der Waals surface area contributed by atoms with Gasteiger partial charge in [0.1, 0.15) is 13.2 Å². The monoisotopic (exact) mass is 332 g/mol. The third-order valence-electron chi connectivity index (χ3n) is 3.45. The number of carbonyl (C=O) groups is 1. The number of hydrogen-bond acceptors (Lipinski definition) is 4. The van der Waals surface area contributed by atoms with E-state index in [1.165, 1.54) is 0 Å². The number of nitrogens with zero attached hydrogens (tertiary/aromatic N) is 1. The molecule has 1 aromatic carbocycles. The highest BCUT2D eigenvalue weighted by Crippen LogP contribution is 2.38. The first kappa shape index (κ1) is 15.6. The van der Waals surface area contributed by atoms with Gasteiger partial charge in [0.05, 0.1) is 11.4 Å². The molecule has 1 N–H and O–H groups in total. The molecule has 0 spiro atoms. The molecule has 0 saturated heterocycles. The molecule has 0 aliphatic carbocycles. The molecule has 0 atom stereocenters. The maximum atomic E-state index is 12.0. The Bertz CT molecular complexity index is 692. The largest absolute Gasteiger partial charge is 0.486 e. The van der Waals surface area contributed by atoms with Crippen LogP contribution in [0.25, 0.3) is 0 Å². The number of amides is 1. The third-order valence-corrected chi connectivity index (χ3v) is 3.73. The fourth-order valence-electron chi connectivity index (χ4n) is 2.39. The summed E-state index contributed by atoms with van der Waals surface area (Å²) < 4.78 is 11.0. The molecule has 1 aliphatic rings. The van der Waals surface area contributed by atoms with E-state index in [1.54, 1.807) is 18.3 Å². The fourth-order valence-corrected chi connectivity index (χ4v) is 2.68. The zero-order valence-corrected chi connectivity index (χ0v) is 13.3. The summed E-state index contributed by atoms with van der Waals surface area (Å²) in [6, 6.07) is 9.29. The quantitative estimate of drug-likeness (QED) is 0.913. The van der Waals surface area contributed by atoms with E-state index in [4.69, 9.17) is 21.1 Å². The first-order valence-electron chi connectivity index (χ1n) is 7.47. The molecular formula is C17H17ClN2O3. The van der Waals surface area contributed by atoms with Crippen molar-refractivity contribution < 1.29 is 14.3 Å². The molecule has 120 valence electrons. The molecule has 0 saturated carbocycles. The highest BCUT2D eigenvalue weighted by atomic mass is 35.5. The number of hydrogen-bond donors (Lipinski definition) is 1. The van der Waals surface area contributed by atoms with Crippen molar-refractivity contribution in [2.24, 2.45) is 0 Å². The van der Waals surface area contributed by atoms with Crippen LogP contribution in [0, 0.1) is 0 Å². The molecule has 0 bridgehead atoms. The van der Waals surface area contributed by atoms with Crippen molar-refractivity contribution >= 4 is 17.5 Å². The average Bonchev–Trinajstić information content (AvgIpc) is 2.56. The molecule has 5 nitrogen and oxygen atoms in total. The Labute approximate surface area is 139 Å². The van der Waals surface area contributed by atoms with Gasteiger partial charge in [-0.2, -0.15) is 0 Å². The number of benzene rings is 1. The van der Waals surface area contributed by atoms with Crippen molar-refractivity contribution in [3.8, 4) is 11.5 Å². The molecule has 1 aliphatic heterocycles. The van der Waals surface area contributed by atoms with Crippen LogP contribution in [-0.2, 0) is 17.6 Å². The van der Waals surface area contributed by atoms with Gasteiger partial charge in [0.2, 0.25) is 5.91 Å². The number of carbonyl (C=O) groups excluding carboxylic acids is 1. The van der Waals surface area contributed by atoms with Crippen LogP contribution < -0.4 is 14.8 Å². The Morgan fingerprint density at radius 3 is 2.96 bits per heavy atom. The van der Waals surface area contributed by atoms with E-state index >= 15 is 0 Å². The summed E-state index contributed by atoms with van der Waals surface area (Å²) >= 11 is 6.17. The summed E-state index contributed by atoms with van der Waals surface area (Å²) in [5, 5.41) is 3.36. The number of pyridine rings is 1. The zero-order chi connectivity index (χ0) is 16.1. The van der Waals surface area contributed by atoms with Crippen LogP contribution in [0.4, 0.5) is 0 Å². The summed E-state index contributed by atoms with van der Waals surface area (Å²) in [5.41, 5.74) is 1.75. The molecule has 2 aromatic rings. The van der Waals surface area contributed by atoms with Gasteiger partial charge in [-0.1, -0.05) is 17.7 Å². The van der Waals surface area contributed by atoms with Gasteiger partial charge in [-0.25, -0.2) is 0 Å². The molecular weight excluding hydrogens is 316 g/mol. The third kappa shape index (κ3) is 4.13. The van der Waals surface area contributed by atoms with Gasteiger partial charge < -0.3 is 14.8 Å². The Morgan fingerprint density at radius 1 is 1.26 bits per heavy atom. The SMILES string of the molecule is O=C(Cc1cc(Cl)c2c(c1)OCCO2)NCCc1ccccn1. The van der Waals surface area contributed by atoms with E-state index in [0.29, 0.717) is 42.7 Å². The van der Waals surface area contributed by atoms with Crippen LogP contribution in [0.5, 0.6) is 11.5 Å². The van der Waals surface area contributed by atoms with Crippen LogP contribution in [0.1, 0.15) is 11.3 Å². The average molecular weight is 333 g/mol. The van der Waals surface area contributed by atoms with Crippen LogP contribution in [0.2, 0.25) is 5.02 Å². The zero-order valence-electron chi connectivity index (χ0n) is 12.5. The summed E-state index contributed by atoms with van der Waals surface area (Å²) in [4.78, 5) is 16.3. The highest BCUT2D eigenvalue weighted by molar-refractivity contribution is 6.32. The maximum Gasteiger partial charge on any atom is 0.224 e. The van der Waals surface area contributed by atoms with Gasteiger partial charge in [0.25, 0.3) is 0 Å². The number of fused-ring (bicyclic) bond motifs is 1. The summed E-state index contributed by atoms with van der Waals surface area (Å²) in [7, 11) is 0. The minimum absolute atomic E-state index is 0.0614. The topological polar surface area (TPSA) is 60.5 Å². The van der Waals surface area contributed by atoms with Gasteiger partial charge in [-0.3, -0.25) is 9.78 Å². The van der Waals surface area contributed by atoms with Crippen LogP contribution in [-0.4, -0.2) is 30.6 Å². The number of nitrogens with one attached hydrogen (secondary N) is 1. The van der Waals surface area contributed by atoms with E-state index in [-0.39, 0.29) is 12.3 Å². The minimum Gasteiger partial charge on any atom is -0.486 e. The first-order chi connectivity index (χ1) is 11.2. The van der Waals surface area contributed by atoms with Crippen molar-refractivity contribution in [3.63, 3.8) is 0 Å². The molecule has 1 aromatic heterocycles. The predicted octanol–water partition coefficient (Wildman–Crippen LogP) is 2.41. The maximum absolute atomic E-state index is 12.0. The van der Waals surface area contributed by atoms with E-state index in [0.717, 1.165) is 11.3 Å². The molecule has 0 radical (unpaired) electrons. The molecule has 2 heterocycles. The lowest BCUT2D eigenvalue weighted by molar-refractivity contribution is -0.120. The standard InChI is InChI=1S/C17H17ClN2O3/c18-14-9-12(10-15-17(14)23-8-7-22-15)11-16(21)20-6-4-13-3-1-2-5-19-13/h1-3,5,9-10H,4,6-8,11H2,(H,20,21). The highest BCUT2D eigenvalue weighted by Gasteiger charge is 2.17. The van der Waals surface area contributed by atoms with Crippen LogP contribution in [0.15, 0.2) is 36.5 Å². The Hall–Kier alpha value is -2.27. The lowest BCUT2D eigenvalue weighted by Crippen LogP contribution is -2.27. The van der Waals surface area contributed by atoms with E-state index in [1.807, 2.05) is 18.2 Å². The van der Waals surface area contributed by atoms with Crippen molar-refractivity contribution in [1.29, 1.82) is 0 Å². The second-order valence-corrected chi connectivity index (χ2v) is 5.61. The predicted molar refractivity (Wildman–Crippen MR) is 87.1 cm³/mol.